The maximum absolute atomic E-state index is 11.0. The first-order chi connectivity index (χ1) is 6.65. The molecule has 0 amide bonds. The van der Waals surface area contributed by atoms with Crippen molar-refractivity contribution in [3.63, 3.8) is 0 Å². The highest BCUT2D eigenvalue weighted by Gasteiger charge is 2.15. The van der Waals surface area contributed by atoms with E-state index in [2.05, 4.69) is 4.74 Å². The lowest BCUT2D eigenvalue weighted by Gasteiger charge is -2.09. The quantitative estimate of drug-likeness (QED) is 0.772. The molecule has 2 N–H and O–H groups in total. The third-order valence-corrected chi connectivity index (χ3v) is 2.27. The van der Waals surface area contributed by atoms with Crippen LogP contribution in [0.3, 0.4) is 0 Å². The van der Waals surface area contributed by atoms with E-state index < -0.39 is 12.0 Å². The van der Waals surface area contributed by atoms with Gasteiger partial charge in [0.25, 0.3) is 0 Å². The molecule has 0 aliphatic heterocycles. The zero-order chi connectivity index (χ0) is 10.6. The summed E-state index contributed by atoms with van der Waals surface area (Å²) in [5, 5.41) is 0.617. The van der Waals surface area contributed by atoms with Crippen LogP contribution in [-0.2, 0) is 16.0 Å². The van der Waals surface area contributed by atoms with Gasteiger partial charge in [-0.25, -0.2) is 0 Å². The van der Waals surface area contributed by atoms with E-state index in [1.165, 1.54) is 7.11 Å². The number of esters is 1. The van der Waals surface area contributed by atoms with E-state index in [0.29, 0.717) is 11.4 Å². The number of hydrogen-bond acceptors (Lipinski definition) is 3. The van der Waals surface area contributed by atoms with Gasteiger partial charge in [0.2, 0.25) is 0 Å². The van der Waals surface area contributed by atoms with E-state index in [1.54, 1.807) is 6.07 Å². The maximum Gasteiger partial charge on any atom is 0.322 e. The Kier molecular flexibility index (Phi) is 3.92. The molecule has 1 atom stereocenters. The molecule has 1 aromatic carbocycles. The molecule has 0 radical (unpaired) electrons. The van der Waals surface area contributed by atoms with Crippen LogP contribution in [0.4, 0.5) is 0 Å². The molecule has 4 heteroatoms. The molecule has 0 spiro atoms. The van der Waals surface area contributed by atoms with Gasteiger partial charge in [0.1, 0.15) is 6.04 Å². The molecule has 0 fully saturated rings. The first-order valence-corrected chi connectivity index (χ1v) is 4.59. The van der Waals surface area contributed by atoms with Crippen molar-refractivity contribution in [1.82, 2.24) is 0 Å². The van der Waals surface area contributed by atoms with Gasteiger partial charge in [-0.05, 0) is 18.1 Å². The highest BCUT2D eigenvalue weighted by Crippen LogP contribution is 2.16. The molecule has 1 aromatic rings. The van der Waals surface area contributed by atoms with Crippen LogP contribution < -0.4 is 5.73 Å². The summed E-state index contributed by atoms with van der Waals surface area (Å²) in [5.41, 5.74) is 6.45. The van der Waals surface area contributed by atoms with Gasteiger partial charge in [-0.1, -0.05) is 29.8 Å². The van der Waals surface area contributed by atoms with Crippen molar-refractivity contribution in [2.24, 2.45) is 5.73 Å². The lowest BCUT2D eigenvalue weighted by Crippen LogP contribution is -2.33. The minimum absolute atomic E-state index is 0.395. The summed E-state index contributed by atoms with van der Waals surface area (Å²) in [4.78, 5) is 11.0. The van der Waals surface area contributed by atoms with Gasteiger partial charge in [-0.2, -0.15) is 0 Å². The maximum atomic E-state index is 11.0. The molecule has 0 saturated carbocycles. The summed E-state index contributed by atoms with van der Waals surface area (Å²) < 4.78 is 4.52. The van der Waals surface area contributed by atoms with Crippen LogP contribution in [0.2, 0.25) is 5.02 Å². The van der Waals surface area contributed by atoms with Gasteiger partial charge in [0.05, 0.1) is 7.11 Å². The second kappa shape index (κ2) is 4.98. The zero-order valence-electron chi connectivity index (χ0n) is 7.87. The van der Waals surface area contributed by atoms with Crippen molar-refractivity contribution in [3.05, 3.63) is 34.9 Å². The normalized spacial score (nSPS) is 12.2. The summed E-state index contributed by atoms with van der Waals surface area (Å²) in [6.45, 7) is 0. The first-order valence-electron chi connectivity index (χ1n) is 4.22. The van der Waals surface area contributed by atoms with Crippen molar-refractivity contribution in [3.8, 4) is 0 Å². The number of halogens is 1. The topological polar surface area (TPSA) is 52.3 Å². The van der Waals surface area contributed by atoms with E-state index in [0.717, 1.165) is 5.56 Å². The molecule has 0 aliphatic rings. The average Bonchev–Trinajstić information content (AvgIpc) is 2.20. The molecule has 0 saturated heterocycles. The molecule has 14 heavy (non-hydrogen) atoms. The lowest BCUT2D eigenvalue weighted by atomic mass is 10.1. The Morgan fingerprint density at radius 1 is 1.57 bits per heavy atom. The Hall–Kier alpha value is -1.06. The van der Waals surface area contributed by atoms with Crippen molar-refractivity contribution in [2.75, 3.05) is 7.11 Å². The van der Waals surface area contributed by atoms with Gasteiger partial charge >= 0.3 is 5.97 Å². The molecular formula is C10H12ClNO2. The SMILES string of the molecule is COC(=O)[C@@H](N)Cc1ccccc1Cl. The molecule has 0 aliphatic carbocycles. The molecule has 0 unspecified atom stereocenters. The summed E-state index contributed by atoms with van der Waals surface area (Å²) in [6.07, 6.45) is 0.395. The number of carbonyl (C=O) groups excluding carboxylic acids is 1. The Labute approximate surface area is 87.8 Å². The summed E-state index contributed by atoms with van der Waals surface area (Å²) in [5.74, 6) is -0.426. The lowest BCUT2D eigenvalue weighted by molar-refractivity contribution is -0.142. The molecule has 0 bridgehead atoms. The van der Waals surface area contributed by atoms with Crippen molar-refractivity contribution >= 4 is 17.6 Å². The van der Waals surface area contributed by atoms with Crippen molar-refractivity contribution in [2.45, 2.75) is 12.5 Å². The number of benzene rings is 1. The largest absolute Gasteiger partial charge is 0.468 e. The third kappa shape index (κ3) is 2.72. The molecule has 1 rings (SSSR count). The summed E-state index contributed by atoms with van der Waals surface area (Å²) in [7, 11) is 1.31. The van der Waals surface area contributed by atoms with Gasteiger partial charge in [0.15, 0.2) is 0 Å². The fourth-order valence-corrected chi connectivity index (χ4v) is 1.35. The van der Waals surface area contributed by atoms with Crippen LogP contribution in [-0.4, -0.2) is 19.1 Å². The molecule has 0 heterocycles. The van der Waals surface area contributed by atoms with Crippen molar-refractivity contribution in [1.29, 1.82) is 0 Å². The Balaban J connectivity index is 2.69. The highest BCUT2D eigenvalue weighted by atomic mass is 35.5. The predicted octanol–water partition coefficient (Wildman–Crippen LogP) is 1.38. The fraction of sp³-hybridized carbons (Fsp3) is 0.300. The Bertz CT molecular complexity index is 328. The number of nitrogens with two attached hydrogens (primary N) is 1. The molecule has 3 nitrogen and oxygen atoms in total. The molecular weight excluding hydrogens is 202 g/mol. The number of methoxy groups -OCH3 is 1. The van der Waals surface area contributed by atoms with E-state index in [-0.39, 0.29) is 0 Å². The standard InChI is InChI=1S/C10H12ClNO2/c1-14-10(13)9(12)6-7-4-2-3-5-8(7)11/h2-5,9H,6,12H2,1H3/t9-/m0/s1. The van der Waals surface area contributed by atoms with Gasteiger partial charge in [-0.15, -0.1) is 0 Å². The second-order valence-corrected chi connectivity index (χ2v) is 3.33. The van der Waals surface area contributed by atoms with E-state index in [4.69, 9.17) is 17.3 Å². The number of ether oxygens (including phenoxy) is 1. The Morgan fingerprint density at radius 3 is 2.79 bits per heavy atom. The smallest absolute Gasteiger partial charge is 0.322 e. The van der Waals surface area contributed by atoms with Crippen LogP contribution in [0.25, 0.3) is 0 Å². The first kappa shape index (κ1) is 11.0. The number of hydrogen-bond donors (Lipinski definition) is 1. The minimum Gasteiger partial charge on any atom is -0.468 e. The van der Waals surface area contributed by atoms with Crippen LogP contribution in [0.15, 0.2) is 24.3 Å². The summed E-state index contributed by atoms with van der Waals surface area (Å²) in [6, 6.07) is 6.63. The van der Waals surface area contributed by atoms with Gasteiger partial charge in [0, 0.05) is 5.02 Å². The second-order valence-electron chi connectivity index (χ2n) is 2.93. The molecule has 0 aromatic heterocycles. The van der Waals surface area contributed by atoms with Gasteiger partial charge in [-0.3, -0.25) is 4.79 Å². The van der Waals surface area contributed by atoms with E-state index >= 15 is 0 Å². The number of rotatable bonds is 3. The fourth-order valence-electron chi connectivity index (χ4n) is 1.14. The van der Waals surface area contributed by atoms with E-state index in [1.807, 2.05) is 18.2 Å². The number of carbonyl (C=O) groups is 1. The van der Waals surface area contributed by atoms with Crippen LogP contribution in [0, 0.1) is 0 Å². The van der Waals surface area contributed by atoms with E-state index in [9.17, 15) is 4.79 Å². The minimum atomic E-state index is -0.653. The van der Waals surface area contributed by atoms with Gasteiger partial charge < -0.3 is 10.5 Å². The van der Waals surface area contributed by atoms with Crippen LogP contribution in [0.5, 0.6) is 0 Å². The third-order valence-electron chi connectivity index (χ3n) is 1.90. The highest BCUT2D eigenvalue weighted by molar-refractivity contribution is 6.31. The summed E-state index contributed by atoms with van der Waals surface area (Å²) >= 11 is 5.91. The average molecular weight is 214 g/mol. The molecule has 76 valence electrons. The van der Waals surface area contributed by atoms with Crippen molar-refractivity contribution < 1.29 is 9.53 Å². The van der Waals surface area contributed by atoms with Crippen LogP contribution >= 0.6 is 11.6 Å². The monoisotopic (exact) mass is 213 g/mol. The Morgan fingerprint density at radius 2 is 2.21 bits per heavy atom. The zero-order valence-corrected chi connectivity index (χ0v) is 8.62. The predicted molar refractivity (Wildman–Crippen MR) is 55.1 cm³/mol. The van der Waals surface area contributed by atoms with Crippen LogP contribution in [0.1, 0.15) is 5.56 Å².